The first-order valence-corrected chi connectivity index (χ1v) is 7.62. The van der Waals surface area contributed by atoms with Crippen molar-refractivity contribution >= 4 is 17.3 Å². The van der Waals surface area contributed by atoms with Crippen LogP contribution in [0.1, 0.15) is 23.6 Å². The predicted molar refractivity (Wildman–Crippen MR) is 94.8 cm³/mol. The summed E-state index contributed by atoms with van der Waals surface area (Å²) in [5, 5.41) is 23.6. The summed E-state index contributed by atoms with van der Waals surface area (Å²) in [6.07, 6.45) is 0. The molecule has 0 spiro atoms. The van der Waals surface area contributed by atoms with Crippen LogP contribution in [0, 0.1) is 28.4 Å². The number of nitro benzene ring substituents is 1. The topological polar surface area (TPSA) is 118 Å². The van der Waals surface area contributed by atoms with E-state index in [1.54, 1.807) is 50.2 Å². The number of carbonyl (C=O) groups excluding carboxylic acids is 1. The molecule has 0 heterocycles. The highest BCUT2D eigenvalue weighted by Crippen LogP contribution is 2.19. The molecule has 0 aliphatic carbocycles. The first-order valence-electron chi connectivity index (χ1n) is 7.62. The number of ether oxygens (including phenoxy) is 1. The van der Waals surface area contributed by atoms with Crippen LogP contribution in [0.15, 0.2) is 47.6 Å². The van der Waals surface area contributed by atoms with Crippen LogP contribution >= 0.6 is 0 Å². The molecule has 0 aromatic heterocycles. The van der Waals surface area contributed by atoms with Crippen LogP contribution in [0.5, 0.6) is 5.75 Å². The third-order valence-corrected chi connectivity index (χ3v) is 3.53. The molecule has 8 heteroatoms. The van der Waals surface area contributed by atoms with Crippen molar-refractivity contribution in [2.75, 3.05) is 6.61 Å². The van der Waals surface area contributed by atoms with Gasteiger partial charge in [0.1, 0.15) is 5.75 Å². The molecule has 0 unspecified atom stereocenters. The molecule has 0 fully saturated rings. The fourth-order valence-corrected chi connectivity index (χ4v) is 2.05. The smallest absolute Gasteiger partial charge is 0.277 e. The lowest BCUT2D eigenvalue weighted by Crippen LogP contribution is -2.25. The summed E-state index contributed by atoms with van der Waals surface area (Å²) < 4.78 is 5.29. The summed E-state index contributed by atoms with van der Waals surface area (Å²) in [5.74, 6) is -0.0238. The molecule has 132 valence electrons. The van der Waals surface area contributed by atoms with E-state index in [1.165, 1.54) is 6.07 Å². The Balaban J connectivity index is 1.95. The number of benzene rings is 2. The van der Waals surface area contributed by atoms with Crippen LogP contribution in [0.3, 0.4) is 0 Å². The van der Waals surface area contributed by atoms with E-state index in [0.717, 1.165) is 0 Å². The summed E-state index contributed by atoms with van der Waals surface area (Å²) in [6.45, 7) is 3.03. The van der Waals surface area contributed by atoms with Gasteiger partial charge in [0.15, 0.2) is 6.61 Å². The van der Waals surface area contributed by atoms with Gasteiger partial charge < -0.3 is 4.74 Å². The number of amides is 1. The van der Waals surface area contributed by atoms with E-state index in [4.69, 9.17) is 10.00 Å². The summed E-state index contributed by atoms with van der Waals surface area (Å²) in [4.78, 5) is 22.3. The maximum absolute atomic E-state index is 11.8. The molecule has 0 radical (unpaired) electrons. The first kappa shape index (κ1) is 18.6. The molecule has 2 aromatic carbocycles. The fraction of sp³-hybridized carbons (Fsp3) is 0.167. The van der Waals surface area contributed by atoms with E-state index >= 15 is 0 Å². The molecular formula is C18H16N4O4. The monoisotopic (exact) mass is 352 g/mol. The van der Waals surface area contributed by atoms with Crippen molar-refractivity contribution in [2.45, 2.75) is 13.8 Å². The SMILES string of the molecule is C/C(=N/NC(=O)COc1ccc(C#N)cc1)c1ccc(C)c([N+](=O)[O-])c1. The zero-order chi connectivity index (χ0) is 19.1. The van der Waals surface area contributed by atoms with Crippen molar-refractivity contribution in [3.8, 4) is 11.8 Å². The zero-order valence-corrected chi connectivity index (χ0v) is 14.2. The standard InChI is InChI=1S/C18H16N4O4/c1-12-3-6-15(9-17(12)22(24)25)13(2)20-21-18(23)11-26-16-7-4-14(10-19)5-8-16/h3-9H,11H2,1-2H3,(H,21,23)/b20-13-. The van der Waals surface area contributed by atoms with Crippen molar-refractivity contribution < 1.29 is 14.5 Å². The van der Waals surface area contributed by atoms with Crippen LogP contribution in [-0.2, 0) is 4.79 Å². The second kappa shape index (κ2) is 8.39. The average molecular weight is 352 g/mol. The van der Waals surface area contributed by atoms with Crippen LogP contribution in [0.2, 0.25) is 0 Å². The number of nitrogens with one attached hydrogen (secondary N) is 1. The van der Waals surface area contributed by atoms with Crippen molar-refractivity contribution in [2.24, 2.45) is 5.10 Å². The molecule has 0 saturated heterocycles. The molecule has 1 N–H and O–H groups in total. The van der Waals surface area contributed by atoms with Gasteiger partial charge in [0, 0.05) is 17.2 Å². The third kappa shape index (κ3) is 4.88. The van der Waals surface area contributed by atoms with Crippen molar-refractivity contribution in [3.05, 3.63) is 69.3 Å². The normalized spacial score (nSPS) is 10.7. The predicted octanol–water partition coefficient (Wildman–Crippen LogP) is 2.69. The number of hydrogen-bond donors (Lipinski definition) is 1. The molecule has 0 atom stereocenters. The minimum Gasteiger partial charge on any atom is -0.484 e. The number of nitrogens with zero attached hydrogens (tertiary/aromatic N) is 3. The first-order chi connectivity index (χ1) is 12.4. The highest BCUT2D eigenvalue weighted by atomic mass is 16.6. The molecule has 0 aliphatic rings. The molecule has 26 heavy (non-hydrogen) atoms. The third-order valence-electron chi connectivity index (χ3n) is 3.53. The fourth-order valence-electron chi connectivity index (χ4n) is 2.05. The lowest BCUT2D eigenvalue weighted by molar-refractivity contribution is -0.385. The maximum atomic E-state index is 11.8. The number of rotatable bonds is 6. The van der Waals surface area contributed by atoms with E-state index in [9.17, 15) is 14.9 Å². The molecule has 0 saturated carbocycles. The van der Waals surface area contributed by atoms with Gasteiger partial charge in [-0.15, -0.1) is 0 Å². The second-order valence-corrected chi connectivity index (χ2v) is 5.42. The Bertz CT molecular complexity index is 898. The van der Waals surface area contributed by atoms with Crippen molar-refractivity contribution in [3.63, 3.8) is 0 Å². The lowest BCUT2D eigenvalue weighted by atomic mass is 10.1. The molecule has 0 aliphatic heterocycles. The summed E-state index contributed by atoms with van der Waals surface area (Å²) in [7, 11) is 0. The van der Waals surface area contributed by atoms with Gasteiger partial charge in [-0.2, -0.15) is 10.4 Å². The number of hydrazone groups is 1. The van der Waals surface area contributed by atoms with E-state index in [2.05, 4.69) is 10.5 Å². The molecule has 2 aromatic rings. The Labute approximate surface area is 149 Å². The maximum Gasteiger partial charge on any atom is 0.277 e. The van der Waals surface area contributed by atoms with Crippen molar-refractivity contribution in [1.29, 1.82) is 5.26 Å². The van der Waals surface area contributed by atoms with Gasteiger partial charge >= 0.3 is 0 Å². The minimum atomic E-state index is -0.477. The highest BCUT2D eigenvalue weighted by Gasteiger charge is 2.12. The van der Waals surface area contributed by atoms with Gasteiger partial charge in [-0.05, 0) is 38.1 Å². The van der Waals surface area contributed by atoms with Gasteiger partial charge in [0.05, 0.1) is 22.3 Å². The van der Waals surface area contributed by atoms with Gasteiger partial charge in [-0.1, -0.05) is 12.1 Å². The van der Waals surface area contributed by atoms with E-state index in [0.29, 0.717) is 28.2 Å². The number of hydrogen-bond acceptors (Lipinski definition) is 6. The van der Waals surface area contributed by atoms with Gasteiger partial charge in [-0.25, -0.2) is 5.43 Å². The molecule has 0 bridgehead atoms. The number of nitriles is 1. The Kier molecular flexibility index (Phi) is 6.01. The Morgan fingerprint density at radius 3 is 2.62 bits per heavy atom. The molecular weight excluding hydrogens is 336 g/mol. The highest BCUT2D eigenvalue weighted by molar-refractivity contribution is 5.99. The quantitative estimate of drug-likeness (QED) is 0.487. The van der Waals surface area contributed by atoms with Gasteiger partial charge in [-0.3, -0.25) is 14.9 Å². The minimum absolute atomic E-state index is 0.00692. The summed E-state index contributed by atoms with van der Waals surface area (Å²) in [5.41, 5.74) is 4.34. The van der Waals surface area contributed by atoms with E-state index in [1.807, 2.05) is 6.07 Å². The van der Waals surface area contributed by atoms with Crippen LogP contribution in [-0.4, -0.2) is 23.1 Å². The van der Waals surface area contributed by atoms with Gasteiger partial charge in [0.2, 0.25) is 0 Å². The summed E-state index contributed by atoms with van der Waals surface area (Å²) in [6, 6.07) is 13.1. The second-order valence-electron chi connectivity index (χ2n) is 5.42. The number of nitro groups is 1. The molecule has 8 nitrogen and oxygen atoms in total. The zero-order valence-electron chi connectivity index (χ0n) is 14.2. The Morgan fingerprint density at radius 1 is 1.31 bits per heavy atom. The van der Waals surface area contributed by atoms with Crippen LogP contribution in [0.25, 0.3) is 0 Å². The Morgan fingerprint density at radius 2 is 2.00 bits per heavy atom. The average Bonchev–Trinajstić information content (AvgIpc) is 2.64. The van der Waals surface area contributed by atoms with Crippen LogP contribution < -0.4 is 10.2 Å². The van der Waals surface area contributed by atoms with Crippen LogP contribution in [0.4, 0.5) is 5.69 Å². The number of carbonyl (C=O) groups is 1. The summed E-state index contributed by atoms with van der Waals surface area (Å²) >= 11 is 0. The van der Waals surface area contributed by atoms with E-state index < -0.39 is 10.8 Å². The number of aryl methyl sites for hydroxylation is 1. The molecule has 2 rings (SSSR count). The van der Waals surface area contributed by atoms with E-state index in [-0.39, 0.29) is 12.3 Å². The Hall–Kier alpha value is -3.73. The van der Waals surface area contributed by atoms with Crippen molar-refractivity contribution in [1.82, 2.24) is 5.43 Å². The largest absolute Gasteiger partial charge is 0.484 e. The molecule has 1 amide bonds. The van der Waals surface area contributed by atoms with Gasteiger partial charge in [0.25, 0.3) is 11.6 Å². The lowest BCUT2D eigenvalue weighted by Gasteiger charge is -2.06.